The first-order valence-electron chi connectivity index (χ1n) is 15.1. The van der Waals surface area contributed by atoms with Gasteiger partial charge in [0, 0.05) is 46.1 Å². The predicted molar refractivity (Wildman–Crippen MR) is 176 cm³/mol. The van der Waals surface area contributed by atoms with E-state index in [-0.39, 0.29) is 22.3 Å². The van der Waals surface area contributed by atoms with Crippen LogP contribution in [-0.4, -0.2) is 46.7 Å². The summed E-state index contributed by atoms with van der Waals surface area (Å²) in [6.07, 6.45) is 3.52. The number of piperidine rings is 1. The number of benzene rings is 4. The molecule has 0 spiro atoms. The van der Waals surface area contributed by atoms with Gasteiger partial charge in [0.1, 0.15) is 0 Å². The third-order valence-electron chi connectivity index (χ3n) is 8.97. The summed E-state index contributed by atoms with van der Waals surface area (Å²) in [5.41, 5.74) is 5.55. The molecule has 230 valence electrons. The highest BCUT2D eigenvalue weighted by atomic mass is 35.5. The second-order valence-corrected chi connectivity index (χ2v) is 14.7. The number of nitrogens with zero attached hydrogens (tertiary/aromatic N) is 3. The quantitative estimate of drug-likeness (QED) is 0.170. The van der Waals surface area contributed by atoms with Crippen molar-refractivity contribution in [2.45, 2.75) is 48.5 Å². The lowest BCUT2D eigenvalue weighted by molar-refractivity contribution is 0.0696. The van der Waals surface area contributed by atoms with E-state index in [1.165, 1.54) is 34.3 Å². The SMILES string of the molecule is O=C(O)c1ccc(S(=O)(=O)N2CCC(c3c4cc(C(c5ccc(Cl)cc5)c5ccc(Cl)cc5)ccc4nn3C3CC3)CC2)cc1. The van der Waals surface area contributed by atoms with Crippen molar-refractivity contribution in [2.24, 2.45) is 0 Å². The molecule has 1 saturated heterocycles. The van der Waals surface area contributed by atoms with Crippen molar-refractivity contribution in [3.63, 3.8) is 0 Å². The van der Waals surface area contributed by atoms with Crippen molar-refractivity contribution in [3.8, 4) is 0 Å². The van der Waals surface area contributed by atoms with E-state index in [9.17, 15) is 18.3 Å². The van der Waals surface area contributed by atoms with Gasteiger partial charge in [-0.3, -0.25) is 4.68 Å². The fourth-order valence-corrected chi connectivity index (χ4v) is 8.22. The molecule has 1 aromatic heterocycles. The molecule has 2 heterocycles. The Labute approximate surface area is 272 Å². The van der Waals surface area contributed by atoms with Gasteiger partial charge in [0.2, 0.25) is 10.0 Å². The fraction of sp³-hybridized carbons (Fsp3) is 0.257. The third-order valence-corrected chi connectivity index (χ3v) is 11.4. The number of carbonyl (C=O) groups is 1. The van der Waals surface area contributed by atoms with Crippen LogP contribution in [0.15, 0.2) is 95.9 Å². The van der Waals surface area contributed by atoms with Gasteiger partial charge in [-0.2, -0.15) is 9.40 Å². The normalized spacial score (nSPS) is 16.4. The smallest absolute Gasteiger partial charge is 0.335 e. The van der Waals surface area contributed by atoms with Crippen LogP contribution in [0.3, 0.4) is 0 Å². The van der Waals surface area contributed by atoms with E-state index < -0.39 is 16.0 Å². The van der Waals surface area contributed by atoms with E-state index >= 15 is 0 Å². The summed E-state index contributed by atoms with van der Waals surface area (Å²) in [5, 5.41) is 16.7. The molecule has 2 fully saturated rings. The number of sulfonamides is 1. The lowest BCUT2D eigenvalue weighted by atomic mass is 9.84. The molecule has 10 heteroatoms. The van der Waals surface area contributed by atoms with Gasteiger partial charge in [0.25, 0.3) is 0 Å². The van der Waals surface area contributed by atoms with Crippen molar-refractivity contribution in [2.75, 3.05) is 13.1 Å². The summed E-state index contributed by atoms with van der Waals surface area (Å²) in [5.74, 6) is -0.980. The molecular weight excluding hydrogens is 629 g/mol. The van der Waals surface area contributed by atoms with Crippen molar-refractivity contribution < 1.29 is 18.3 Å². The van der Waals surface area contributed by atoms with E-state index in [0.29, 0.717) is 42.0 Å². The Hall–Kier alpha value is -3.69. The summed E-state index contributed by atoms with van der Waals surface area (Å²) in [4.78, 5) is 11.3. The largest absolute Gasteiger partial charge is 0.478 e. The molecule has 1 saturated carbocycles. The van der Waals surface area contributed by atoms with Crippen LogP contribution >= 0.6 is 23.2 Å². The average Bonchev–Trinajstić information content (AvgIpc) is 3.83. The molecule has 0 radical (unpaired) electrons. The molecule has 1 aliphatic heterocycles. The Kier molecular flexibility index (Phi) is 7.94. The lowest BCUT2D eigenvalue weighted by Gasteiger charge is -2.32. The Morgan fingerprint density at radius 1 is 0.778 bits per heavy atom. The Morgan fingerprint density at radius 3 is 1.87 bits per heavy atom. The minimum atomic E-state index is -3.74. The Balaban J connectivity index is 1.22. The van der Waals surface area contributed by atoms with Crippen LogP contribution in [0.4, 0.5) is 0 Å². The second kappa shape index (κ2) is 11.9. The topological polar surface area (TPSA) is 92.5 Å². The minimum absolute atomic E-state index is 0.0411. The highest BCUT2D eigenvalue weighted by molar-refractivity contribution is 7.89. The first kappa shape index (κ1) is 30.0. The minimum Gasteiger partial charge on any atom is -0.478 e. The zero-order chi connectivity index (χ0) is 31.3. The van der Waals surface area contributed by atoms with Gasteiger partial charge in [-0.15, -0.1) is 0 Å². The molecule has 0 bridgehead atoms. The summed E-state index contributed by atoms with van der Waals surface area (Å²) in [6.45, 7) is 0.756. The van der Waals surface area contributed by atoms with Crippen LogP contribution in [-0.2, 0) is 10.0 Å². The molecule has 5 aromatic rings. The number of aromatic carboxylic acids is 1. The summed E-state index contributed by atoms with van der Waals surface area (Å²) >= 11 is 12.5. The number of aromatic nitrogens is 2. The van der Waals surface area contributed by atoms with Crippen molar-refractivity contribution in [3.05, 3.63) is 129 Å². The van der Waals surface area contributed by atoms with Crippen LogP contribution in [0.1, 0.15) is 76.3 Å². The Bertz CT molecular complexity index is 1930. The highest BCUT2D eigenvalue weighted by Crippen LogP contribution is 2.44. The van der Waals surface area contributed by atoms with E-state index in [1.807, 2.05) is 24.3 Å². The van der Waals surface area contributed by atoms with Gasteiger partial charge in [0.15, 0.2) is 0 Å². The number of fused-ring (bicyclic) bond motifs is 1. The molecule has 45 heavy (non-hydrogen) atoms. The zero-order valence-electron chi connectivity index (χ0n) is 24.3. The van der Waals surface area contributed by atoms with Gasteiger partial charge in [0.05, 0.1) is 22.0 Å². The van der Waals surface area contributed by atoms with Gasteiger partial charge in [-0.05, 0) is 103 Å². The summed E-state index contributed by atoms with van der Waals surface area (Å²) in [6, 6.07) is 28.2. The van der Waals surface area contributed by atoms with Gasteiger partial charge < -0.3 is 5.11 Å². The standard InChI is InChI=1S/C35H31Cl2N3O4S/c36-27-8-1-22(2-9-27)33(23-3-10-28(37)11-4-23)26-7-16-32-31(21-26)34(40(38-32)29-12-13-29)24-17-19-39(20-18-24)45(43,44)30-14-5-25(6-15-30)35(41)42/h1-11,14-16,21,24,29,33H,12-13,17-20H2,(H,41,42). The lowest BCUT2D eigenvalue weighted by Crippen LogP contribution is -2.38. The van der Waals surface area contributed by atoms with Crippen molar-refractivity contribution in [1.82, 2.24) is 14.1 Å². The zero-order valence-corrected chi connectivity index (χ0v) is 26.6. The van der Waals surface area contributed by atoms with Gasteiger partial charge in [-0.1, -0.05) is 53.5 Å². The van der Waals surface area contributed by atoms with E-state index in [4.69, 9.17) is 28.3 Å². The molecule has 0 amide bonds. The fourth-order valence-electron chi connectivity index (χ4n) is 6.50. The highest BCUT2D eigenvalue weighted by Gasteiger charge is 2.36. The molecule has 7 rings (SSSR count). The summed E-state index contributed by atoms with van der Waals surface area (Å²) in [7, 11) is -3.74. The molecule has 2 aliphatic rings. The van der Waals surface area contributed by atoms with Crippen molar-refractivity contribution in [1.29, 1.82) is 0 Å². The molecule has 1 aliphatic carbocycles. The predicted octanol–water partition coefficient (Wildman–Crippen LogP) is 8.12. The van der Waals surface area contributed by atoms with E-state index in [1.54, 1.807) is 0 Å². The maximum atomic E-state index is 13.4. The Morgan fingerprint density at radius 2 is 1.33 bits per heavy atom. The first-order valence-corrected chi connectivity index (χ1v) is 17.2. The first-order chi connectivity index (χ1) is 21.7. The molecule has 4 aromatic carbocycles. The molecule has 0 unspecified atom stereocenters. The maximum absolute atomic E-state index is 13.4. The van der Waals surface area contributed by atoms with Crippen LogP contribution in [0.2, 0.25) is 10.0 Å². The van der Waals surface area contributed by atoms with Crippen LogP contribution in [0, 0.1) is 0 Å². The molecule has 7 nitrogen and oxygen atoms in total. The number of hydrogen-bond acceptors (Lipinski definition) is 4. The number of rotatable bonds is 8. The molecular formula is C35H31Cl2N3O4S. The monoisotopic (exact) mass is 659 g/mol. The molecule has 0 atom stereocenters. The van der Waals surface area contributed by atoms with Crippen LogP contribution in [0.5, 0.6) is 0 Å². The number of carboxylic acids is 1. The average molecular weight is 661 g/mol. The van der Waals surface area contributed by atoms with Crippen LogP contribution < -0.4 is 0 Å². The number of halogens is 2. The van der Waals surface area contributed by atoms with Gasteiger partial charge >= 0.3 is 5.97 Å². The van der Waals surface area contributed by atoms with Crippen molar-refractivity contribution >= 4 is 50.1 Å². The number of hydrogen-bond donors (Lipinski definition) is 1. The molecule has 1 N–H and O–H groups in total. The van der Waals surface area contributed by atoms with E-state index in [0.717, 1.165) is 40.4 Å². The second-order valence-electron chi connectivity index (χ2n) is 11.9. The third kappa shape index (κ3) is 5.88. The summed E-state index contributed by atoms with van der Waals surface area (Å²) < 4.78 is 30.6. The van der Waals surface area contributed by atoms with Gasteiger partial charge in [-0.25, -0.2) is 13.2 Å². The van der Waals surface area contributed by atoms with E-state index in [2.05, 4.69) is 47.1 Å². The number of carboxylic acid groups (broad SMARTS) is 1. The maximum Gasteiger partial charge on any atom is 0.335 e. The van der Waals surface area contributed by atoms with Crippen LogP contribution in [0.25, 0.3) is 10.9 Å².